The van der Waals surface area contributed by atoms with Gasteiger partial charge in [0, 0.05) is 40.3 Å². The van der Waals surface area contributed by atoms with Gasteiger partial charge in [0.05, 0.1) is 0 Å². The van der Waals surface area contributed by atoms with Crippen molar-refractivity contribution in [2.45, 2.75) is 12.6 Å². The molecular weight excluding hydrogens is 242 g/mol. The van der Waals surface area contributed by atoms with Crippen LogP contribution in [0.1, 0.15) is 5.56 Å². The minimum absolute atomic E-state index is 0.113. The largest absolute Gasteiger partial charge is 0.508 e. The zero-order valence-corrected chi connectivity index (χ0v) is 11.5. The van der Waals surface area contributed by atoms with Gasteiger partial charge in [-0.15, -0.1) is 0 Å². The number of carbonyl (C=O) groups excluding carboxylic acids is 1. The van der Waals surface area contributed by atoms with Gasteiger partial charge in [-0.05, 0) is 17.7 Å². The van der Waals surface area contributed by atoms with Gasteiger partial charge in [0.15, 0.2) is 0 Å². The van der Waals surface area contributed by atoms with Crippen molar-refractivity contribution in [3.05, 3.63) is 29.8 Å². The first-order valence-corrected chi connectivity index (χ1v) is 6.52. The number of phenolic OH excluding ortho intramolecular Hbond substituents is 1. The van der Waals surface area contributed by atoms with E-state index in [4.69, 9.17) is 0 Å². The van der Waals surface area contributed by atoms with Crippen LogP contribution in [0.5, 0.6) is 5.75 Å². The first kappa shape index (κ1) is 13.8. The van der Waals surface area contributed by atoms with Crippen LogP contribution in [0.3, 0.4) is 0 Å². The highest BCUT2D eigenvalue weighted by Crippen LogP contribution is 2.15. The molecule has 1 unspecified atom stereocenters. The number of likely N-dealkylation sites (N-methyl/N-ethyl adjacent to an activating group) is 1. The van der Waals surface area contributed by atoms with E-state index in [1.165, 1.54) is 0 Å². The number of carbonyl (C=O) groups is 1. The molecule has 104 valence electrons. The Hall–Kier alpha value is -1.59. The molecular formula is C14H21N3O2. The summed E-state index contributed by atoms with van der Waals surface area (Å²) >= 11 is 0. The van der Waals surface area contributed by atoms with Crippen molar-refractivity contribution in [3.63, 3.8) is 0 Å². The minimum atomic E-state index is -0.113. The Balaban J connectivity index is 2.07. The maximum atomic E-state index is 12.2. The molecule has 1 aromatic carbocycles. The molecule has 0 aliphatic carbocycles. The predicted octanol–water partition coefficient (Wildman–Crippen LogP) is 0.254. The molecule has 1 aromatic rings. The fraction of sp³-hybridized carbons (Fsp3) is 0.500. The molecule has 5 nitrogen and oxygen atoms in total. The maximum Gasteiger partial charge on any atom is 0.240 e. The standard InChI is InChI=1S/C14H21N3O2/c1-16(2)14(19)13-9-15-7-8-17(13)10-11-3-5-12(18)6-4-11/h3-6,13,15,18H,7-10H2,1-2H3. The predicted molar refractivity (Wildman–Crippen MR) is 73.9 cm³/mol. The summed E-state index contributed by atoms with van der Waals surface area (Å²) in [7, 11) is 3.57. The number of phenols is 1. The van der Waals surface area contributed by atoms with E-state index >= 15 is 0 Å². The average molecular weight is 263 g/mol. The molecule has 2 rings (SSSR count). The fourth-order valence-corrected chi connectivity index (χ4v) is 2.31. The van der Waals surface area contributed by atoms with Crippen LogP contribution in [-0.2, 0) is 11.3 Å². The first-order valence-electron chi connectivity index (χ1n) is 6.52. The van der Waals surface area contributed by atoms with Gasteiger partial charge in [0.25, 0.3) is 0 Å². The number of benzene rings is 1. The lowest BCUT2D eigenvalue weighted by atomic mass is 10.1. The van der Waals surface area contributed by atoms with Crippen molar-refractivity contribution >= 4 is 5.91 Å². The van der Waals surface area contributed by atoms with Gasteiger partial charge < -0.3 is 15.3 Å². The molecule has 0 bridgehead atoms. The van der Waals surface area contributed by atoms with Gasteiger partial charge in [-0.1, -0.05) is 12.1 Å². The van der Waals surface area contributed by atoms with Gasteiger partial charge in [-0.25, -0.2) is 0 Å². The summed E-state index contributed by atoms with van der Waals surface area (Å²) in [6, 6.07) is 7.04. The van der Waals surface area contributed by atoms with E-state index in [1.54, 1.807) is 31.1 Å². The Morgan fingerprint density at radius 2 is 2.11 bits per heavy atom. The first-order chi connectivity index (χ1) is 9.08. The Labute approximate surface area is 113 Å². The van der Waals surface area contributed by atoms with Crippen LogP contribution in [-0.4, -0.2) is 60.6 Å². The van der Waals surface area contributed by atoms with E-state index in [2.05, 4.69) is 10.2 Å². The van der Waals surface area contributed by atoms with Crippen LogP contribution in [0.25, 0.3) is 0 Å². The van der Waals surface area contributed by atoms with Crippen molar-refractivity contribution in [2.24, 2.45) is 0 Å². The Bertz CT molecular complexity index is 431. The van der Waals surface area contributed by atoms with Gasteiger partial charge >= 0.3 is 0 Å². The Morgan fingerprint density at radius 3 is 2.74 bits per heavy atom. The topological polar surface area (TPSA) is 55.8 Å². The highest BCUT2D eigenvalue weighted by atomic mass is 16.3. The van der Waals surface area contributed by atoms with Crippen LogP contribution in [0.2, 0.25) is 0 Å². The summed E-state index contributed by atoms with van der Waals surface area (Å²) in [5.74, 6) is 0.399. The zero-order valence-electron chi connectivity index (χ0n) is 11.5. The third-order valence-corrected chi connectivity index (χ3v) is 3.40. The monoisotopic (exact) mass is 263 g/mol. The number of aromatic hydroxyl groups is 1. The molecule has 19 heavy (non-hydrogen) atoms. The number of hydrogen-bond donors (Lipinski definition) is 2. The number of hydrogen-bond acceptors (Lipinski definition) is 4. The molecule has 0 saturated carbocycles. The molecule has 0 spiro atoms. The normalized spacial score (nSPS) is 20.2. The van der Waals surface area contributed by atoms with Gasteiger partial charge in [0.2, 0.25) is 5.91 Å². The van der Waals surface area contributed by atoms with Gasteiger partial charge in [-0.3, -0.25) is 9.69 Å². The van der Waals surface area contributed by atoms with E-state index in [9.17, 15) is 9.90 Å². The van der Waals surface area contributed by atoms with Crippen LogP contribution < -0.4 is 5.32 Å². The minimum Gasteiger partial charge on any atom is -0.508 e. The third-order valence-electron chi connectivity index (χ3n) is 3.40. The number of amides is 1. The smallest absolute Gasteiger partial charge is 0.240 e. The molecule has 2 N–H and O–H groups in total. The molecule has 1 saturated heterocycles. The Kier molecular flexibility index (Phi) is 4.39. The molecule has 0 radical (unpaired) electrons. The maximum absolute atomic E-state index is 12.2. The molecule has 1 atom stereocenters. The van der Waals surface area contributed by atoms with Gasteiger partial charge in [-0.2, -0.15) is 0 Å². The lowest BCUT2D eigenvalue weighted by Crippen LogP contribution is -2.57. The summed E-state index contributed by atoms with van der Waals surface area (Å²) in [5, 5.41) is 12.6. The molecule has 1 heterocycles. The van der Waals surface area contributed by atoms with E-state index < -0.39 is 0 Å². The molecule has 5 heteroatoms. The second-order valence-corrected chi connectivity index (χ2v) is 5.09. The van der Waals surface area contributed by atoms with E-state index in [0.29, 0.717) is 6.54 Å². The van der Waals surface area contributed by atoms with Gasteiger partial charge in [0.1, 0.15) is 11.8 Å². The molecule has 1 fully saturated rings. The van der Waals surface area contributed by atoms with Crippen LogP contribution in [0.4, 0.5) is 0 Å². The summed E-state index contributed by atoms with van der Waals surface area (Å²) in [6.45, 7) is 3.17. The summed E-state index contributed by atoms with van der Waals surface area (Å²) in [6.07, 6.45) is 0. The average Bonchev–Trinajstić information content (AvgIpc) is 2.41. The van der Waals surface area contributed by atoms with Crippen molar-refractivity contribution in [3.8, 4) is 5.75 Å². The molecule has 1 aliphatic rings. The second kappa shape index (κ2) is 6.04. The SMILES string of the molecule is CN(C)C(=O)C1CNCCN1Cc1ccc(O)cc1. The van der Waals surface area contributed by atoms with Crippen LogP contribution in [0.15, 0.2) is 24.3 Å². The van der Waals surface area contributed by atoms with Crippen LogP contribution >= 0.6 is 0 Å². The molecule has 1 amide bonds. The second-order valence-electron chi connectivity index (χ2n) is 5.09. The lowest BCUT2D eigenvalue weighted by Gasteiger charge is -2.36. The highest BCUT2D eigenvalue weighted by Gasteiger charge is 2.29. The Morgan fingerprint density at radius 1 is 1.42 bits per heavy atom. The van der Waals surface area contributed by atoms with Crippen molar-refractivity contribution in [1.29, 1.82) is 0 Å². The summed E-state index contributed by atoms with van der Waals surface area (Å²) in [4.78, 5) is 16.0. The van der Waals surface area contributed by atoms with Crippen LogP contribution in [0, 0.1) is 0 Å². The number of rotatable bonds is 3. The molecule has 1 aliphatic heterocycles. The number of nitrogens with one attached hydrogen (secondary N) is 1. The molecule has 0 aromatic heterocycles. The number of nitrogens with zero attached hydrogens (tertiary/aromatic N) is 2. The van der Waals surface area contributed by atoms with E-state index in [1.807, 2.05) is 12.1 Å². The highest BCUT2D eigenvalue weighted by molar-refractivity contribution is 5.81. The third kappa shape index (κ3) is 3.45. The lowest BCUT2D eigenvalue weighted by molar-refractivity contribution is -0.135. The van der Waals surface area contributed by atoms with E-state index in [0.717, 1.165) is 25.2 Å². The number of piperazine rings is 1. The summed E-state index contributed by atoms with van der Waals surface area (Å²) < 4.78 is 0. The zero-order chi connectivity index (χ0) is 13.8. The van der Waals surface area contributed by atoms with Crippen molar-refractivity contribution < 1.29 is 9.90 Å². The summed E-state index contributed by atoms with van der Waals surface area (Å²) in [5.41, 5.74) is 1.11. The van der Waals surface area contributed by atoms with Crippen molar-refractivity contribution in [1.82, 2.24) is 15.1 Å². The fourth-order valence-electron chi connectivity index (χ4n) is 2.31. The quantitative estimate of drug-likeness (QED) is 0.821. The van der Waals surface area contributed by atoms with Crippen molar-refractivity contribution in [2.75, 3.05) is 33.7 Å². The van der Waals surface area contributed by atoms with E-state index in [-0.39, 0.29) is 17.7 Å².